The lowest BCUT2D eigenvalue weighted by Crippen LogP contribution is -2.39. The number of nitrogens with one attached hydrogen (secondary N) is 1. The van der Waals surface area contributed by atoms with E-state index in [9.17, 15) is 9.59 Å². The van der Waals surface area contributed by atoms with Crippen molar-refractivity contribution in [3.05, 3.63) is 107 Å². The van der Waals surface area contributed by atoms with Gasteiger partial charge in [0.2, 0.25) is 0 Å². The first-order chi connectivity index (χ1) is 15.1. The van der Waals surface area contributed by atoms with Gasteiger partial charge in [0.25, 0.3) is 11.8 Å². The lowest BCUT2D eigenvalue weighted by atomic mass is 9.89. The van der Waals surface area contributed by atoms with Crippen molar-refractivity contribution in [3.8, 4) is 0 Å². The molecule has 4 rings (SSSR count). The molecule has 0 saturated carbocycles. The van der Waals surface area contributed by atoms with E-state index in [0.29, 0.717) is 18.7 Å². The molecule has 1 N–H and O–H groups in total. The molecular formula is C27H28N2O2. The molecule has 0 bridgehead atoms. The first-order valence-corrected chi connectivity index (χ1v) is 10.9. The van der Waals surface area contributed by atoms with E-state index in [2.05, 4.69) is 11.4 Å². The van der Waals surface area contributed by atoms with Crippen LogP contribution in [-0.2, 0) is 6.54 Å². The van der Waals surface area contributed by atoms with Crippen molar-refractivity contribution in [2.24, 2.45) is 0 Å². The summed E-state index contributed by atoms with van der Waals surface area (Å²) in [6, 6.07) is 25.5. The monoisotopic (exact) mass is 412 g/mol. The van der Waals surface area contributed by atoms with Gasteiger partial charge in [-0.2, -0.15) is 0 Å². The number of carbonyl (C=O) groups is 2. The van der Waals surface area contributed by atoms with E-state index in [1.807, 2.05) is 84.6 Å². The third kappa shape index (κ3) is 5.21. The standard InChI is InChI=1S/C27H28N2O2/c1-20-12-14-22(15-13-20)27(31)29-16-6-11-25(19-29)23-9-5-10-24(17-23)26(30)28-18-21-7-3-2-4-8-21/h2-5,7-10,12-15,17,25H,6,11,16,18-19H2,1H3,(H,28,30)/t25-/m0/s1. The van der Waals surface area contributed by atoms with Gasteiger partial charge in [0, 0.05) is 36.7 Å². The topological polar surface area (TPSA) is 49.4 Å². The summed E-state index contributed by atoms with van der Waals surface area (Å²) in [4.78, 5) is 27.6. The Labute approximate surface area is 183 Å². The average Bonchev–Trinajstić information content (AvgIpc) is 2.83. The molecule has 4 nitrogen and oxygen atoms in total. The number of piperidine rings is 1. The van der Waals surface area contributed by atoms with Crippen LogP contribution in [0.1, 0.15) is 56.2 Å². The second kappa shape index (κ2) is 9.61. The zero-order valence-corrected chi connectivity index (χ0v) is 17.9. The first-order valence-electron chi connectivity index (χ1n) is 10.9. The minimum absolute atomic E-state index is 0.0749. The van der Waals surface area contributed by atoms with Crippen LogP contribution >= 0.6 is 0 Å². The van der Waals surface area contributed by atoms with Crippen molar-refractivity contribution >= 4 is 11.8 Å². The van der Waals surface area contributed by atoms with Gasteiger partial charge in [-0.25, -0.2) is 0 Å². The van der Waals surface area contributed by atoms with Crippen LogP contribution in [0.2, 0.25) is 0 Å². The summed E-state index contributed by atoms with van der Waals surface area (Å²) in [6.07, 6.45) is 1.99. The van der Waals surface area contributed by atoms with E-state index in [0.717, 1.165) is 41.6 Å². The van der Waals surface area contributed by atoms with Crippen LogP contribution in [0.15, 0.2) is 78.9 Å². The van der Waals surface area contributed by atoms with Crippen molar-refractivity contribution in [2.45, 2.75) is 32.2 Å². The molecule has 3 aromatic carbocycles. The number of carbonyl (C=O) groups excluding carboxylic acids is 2. The third-order valence-electron chi connectivity index (χ3n) is 5.92. The highest BCUT2D eigenvalue weighted by Gasteiger charge is 2.26. The van der Waals surface area contributed by atoms with Crippen LogP contribution in [-0.4, -0.2) is 29.8 Å². The van der Waals surface area contributed by atoms with Crippen LogP contribution in [0.5, 0.6) is 0 Å². The van der Waals surface area contributed by atoms with Crippen molar-refractivity contribution < 1.29 is 9.59 Å². The Morgan fingerprint density at radius 1 is 0.935 bits per heavy atom. The molecule has 0 aliphatic carbocycles. The van der Waals surface area contributed by atoms with Crippen molar-refractivity contribution in [1.29, 1.82) is 0 Å². The molecule has 0 aromatic heterocycles. The van der Waals surface area contributed by atoms with Gasteiger partial charge >= 0.3 is 0 Å². The van der Waals surface area contributed by atoms with E-state index in [-0.39, 0.29) is 17.7 Å². The van der Waals surface area contributed by atoms with Gasteiger partial charge in [-0.15, -0.1) is 0 Å². The molecule has 2 amide bonds. The maximum absolute atomic E-state index is 12.9. The summed E-state index contributed by atoms with van der Waals surface area (Å²) in [5.41, 5.74) is 4.74. The SMILES string of the molecule is Cc1ccc(C(=O)N2CCC[C@H](c3cccc(C(=O)NCc4ccccc4)c3)C2)cc1. The lowest BCUT2D eigenvalue weighted by Gasteiger charge is -2.33. The third-order valence-corrected chi connectivity index (χ3v) is 5.92. The zero-order valence-electron chi connectivity index (χ0n) is 17.9. The van der Waals surface area contributed by atoms with Gasteiger partial charge in [-0.05, 0) is 55.2 Å². The molecule has 158 valence electrons. The molecule has 0 spiro atoms. The van der Waals surface area contributed by atoms with Gasteiger partial charge in [0.1, 0.15) is 0 Å². The summed E-state index contributed by atoms with van der Waals surface area (Å²) < 4.78 is 0. The van der Waals surface area contributed by atoms with E-state index < -0.39 is 0 Å². The highest BCUT2D eigenvalue weighted by atomic mass is 16.2. The van der Waals surface area contributed by atoms with Gasteiger partial charge in [-0.1, -0.05) is 60.2 Å². The fourth-order valence-corrected chi connectivity index (χ4v) is 4.13. The zero-order chi connectivity index (χ0) is 21.6. The molecule has 0 unspecified atom stereocenters. The fraction of sp³-hybridized carbons (Fsp3) is 0.259. The Morgan fingerprint density at radius 3 is 2.48 bits per heavy atom. The molecular weight excluding hydrogens is 384 g/mol. The van der Waals surface area contributed by atoms with Crippen LogP contribution in [0.25, 0.3) is 0 Å². The number of hydrogen-bond acceptors (Lipinski definition) is 2. The molecule has 1 atom stereocenters. The Balaban J connectivity index is 1.42. The minimum Gasteiger partial charge on any atom is -0.348 e. The quantitative estimate of drug-likeness (QED) is 0.645. The second-order valence-corrected chi connectivity index (χ2v) is 8.25. The number of benzene rings is 3. The van der Waals surface area contributed by atoms with Crippen LogP contribution < -0.4 is 5.32 Å². The number of nitrogens with zero attached hydrogens (tertiary/aromatic N) is 1. The molecule has 0 radical (unpaired) electrons. The van der Waals surface area contributed by atoms with Gasteiger partial charge < -0.3 is 10.2 Å². The number of aryl methyl sites for hydroxylation is 1. The highest BCUT2D eigenvalue weighted by molar-refractivity contribution is 5.95. The molecule has 4 heteroatoms. The smallest absolute Gasteiger partial charge is 0.253 e. The van der Waals surface area contributed by atoms with Crippen molar-refractivity contribution in [2.75, 3.05) is 13.1 Å². The Hall–Kier alpha value is -3.40. The largest absolute Gasteiger partial charge is 0.348 e. The predicted molar refractivity (Wildman–Crippen MR) is 123 cm³/mol. The second-order valence-electron chi connectivity index (χ2n) is 8.25. The Morgan fingerprint density at radius 2 is 1.71 bits per heavy atom. The molecule has 1 fully saturated rings. The number of hydrogen-bond donors (Lipinski definition) is 1. The van der Waals surface area contributed by atoms with Gasteiger partial charge in [0.15, 0.2) is 0 Å². The maximum Gasteiger partial charge on any atom is 0.253 e. The number of amides is 2. The summed E-state index contributed by atoms with van der Waals surface area (Å²) in [7, 11) is 0. The van der Waals surface area contributed by atoms with Gasteiger partial charge in [-0.3, -0.25) is 9.59 Å². The summed E-state index contributed by atoms with van der Waals surface area (Å²) in [5.74, 6) is 0.251. The van der Waals surface area contributed by atoms with E-state index in [1.54, 1.807) is 0 Å². The fourth-order valence-electron chi connectivity index (χ4n) is 4.13. The summed E-state index contributed by atoms with van der Waals surface area (Å²) in [6.45, 7) is 3.99. The van der Waals surface area contributed by atoms with E-state index in [4.69, 9.17) is 0 Å². The molecule has 3 aromatic rings. The lowest BCUT2D eigenvalue weighted by molar-refractivity contribution is 0.0706. The van der Waals surface area contributed by atoms with Crippen molar-refractivity contribution in [3.63, 3.8) is 0 Å². The first kappa shape index (κ1) is 20.9. The van der Waals surface area contributed by atoms with E-state index >= 15 is 0 Å². The van der Waals surface area contributed by atoms with E-state index in [1.165, 1.54) is 0 Å². The molecule has 31 heavy (non-hydrogen) atoms. The van der Waals surface area contributed by atoms with Crippen molar-refractivity contribution in [1.82, 2.24) is 10.2 Å². The van der Waals surface area contributed by atoms with Gasteiger partial charge in [0.05, 0.1) is 0 Å². The maximum atomic E-state index is 12.9. The Bertz CT molecular complexity index is 1040. The Kier molecular flexibility index (Phi) is 6.46. The summed E-state index contributed by atoms with van der Waals surface area (Å²) >= 11 is 0. The number of rotatable bonds is 5. The summed E-state index contributed by atoms with van der Waals surface area (Å²) in [5, 5.41) is 2.99. The van der Waals surface area contributed by atoms with Crippen LogP contribution in [0.3, 0.4) is 0 Å². The minimum atomic E-state index is -0.0749. The molecule has 1 heterocycles. The van der Waals surface area contributed by atoms with Crippen LogP contribution in [0, 0.1) is 6.92 Å². The highest BCUT2D eigenvalue weighted by Crippen LogP contribution is 2.28. The average molecular weight is 413 g/mol. The molecule has 1 aliphatic rings. The molecule has 1 aliphatic heterocycles. The normalized spacial score (nSPS) is 16.0. The number of likely N-dealkylation sites (tertiary alicyclic amines) is 1. The predicted octanol–water partition coefficient (Wildman–Crippen LogP) is 4.94. The van der Waals surface area contributed by atoms with Crippen LogP contribution in [0.4, 0.5) is 0 Å². The molecule has 1 saturated heterocycles.